The fourth-order valence-electron chi connectivity index (χ4n) is 3.45. The van der Waals surface area contributed by atoms with Crippen molar-refractivity contribution in [2.75, 3.05) is 19.6 Å². The number of hydrogen-bond acceptors (Lipinski definition) is 4. The largest absolute Gasteiger partial charge is 0.347 e. The summed E-state index contributed by atoms with van der Waals surface area (Å²) in [6.45, 7) is 3.37. The second-order valence-corrected chi connectivity index (χ2v) is 8.44. The maximum Gasteiger partial charge on any atom is 0.270 e. The maximum absolute atomic E-state index is 12.4. The summed E-state index contributed by atoms with van der Waals surface area (Å²) >= 11 is 5.10. The Kier molecular flexibility index (Phi) is 3.47. The quantitative estimate of drug-likeness (QED) is 0.889. The van der Waals surface area contributed by atoms with Crippen LogP contribution in [-0.2, 0) is 0 Å². The van der Waals surface area contributed by atoms with Gasteiger partial charge < -0.3 is 10.2 Å². The molecule has 1 amide bonds. The molecule has 0 spiro atoms. The van der Waals surface area contributed by atoms with Gasteiger partial charge in [-0.3, -0.25) is 9.78 Å². The highest BCUT2D eigenvalue weighted by atomic mass is 79.9. The Labute approximate surface area is 135 Å². The predicted molar refractivity (Wildman–Crippen MR) is 87.7 cm³/mol. The van der Waals surface area contributed by atoms with Crippen molar-refractivity contribution < 1.29 is 4.79 Å². The zero-order valence-electron chi connectivity index (χ0n) is 11.5. The first-order valence-corrected chi connectivity index (χ1v) is 8.86. The van der Waals surface area contributed by atoms with E-state index in [1.165, 1.54) is 19.5 Å². The summed E-state index contributed by atoms with van der Waals surface area (Å²) in [7, 11) is 0. The van der Waals surface area contributed by atoms with E-state index in [4.69, 9.17) is 0 Å². The van der Waals surface area contributed by atoms with Crippen molar-refractivity contribution in [2.24, 2.45) is 5.92 Å². The van der Waals surface area contributed by atoms with Crippen molar-refractivity contribution >= 4 is 43.3 Å². The SMILES string of the molecule is O=C(N[C@@H]1C[C@H]2CCN(C2)C1)c1cc2sc(Br)cc2cn1. The molecule has 1 unspecified atom stereocenters. The third-order valence-corrected chi connectivity index (χ3v) is 6.01. The van der Waals surface area contributed by atoms with E-state index in [0.717, 1.165) is 32.8 Å². The summed E-state index contributed by atoms with van der Waals surface area (Å²) in [6, 6.07) is 4.19. The van der Waals surface area contributed by atoms with Crippen LogP contribution < -0.4 is 5.32 Å². The molecule has 4 rings (SSSR count). The van der Waals surface area contributed by atoms with Crippen LogP contribution in [0.3, 0.4) is 0 Å². The van der Waals surface area contributed by atoms with Gasteiger partial charge in [0.2, 0.25) is 0 Å². The Morgan fingerprint density at radius 1 is 1.43 bits per heavy atom. The number of aromatic nitrogens is 1. The molecule has 2 aliphatic rings. The molecule has 2 aromatic heterocycles. The van der Waals surface area contributed by atoms with E-state index in [0.29, 0.717) is 5.69 Å². The van der Waals surface area contributed by atoms with E-state index in [2.05, 4.69) is 31.1 Å². The van der Waals surface area contributed by atoms with Crippen LogP contribution in [0.25, 0.3) is 10.1 Å². The van der Waals surface area contributed by atoms with Gasteiger partial charge in [0.25, 0.3) is 5.91 Å². The van der Waals surface area contributed by atoms with E-state index in [9.17, 15) is 4.79 Å². The van der Waals surface area contributed by atoms with Crippen LogP contribution in [0.4, 0.5) is 0 Å². The number of nitrogens with zero attached hydrogens (tertiary/aromatic N) is 2. The third kappa shape index (κ3) is 2.72. The number of halogens is 1. The molecule has 1 N–H and O–H groups in total. The standard InChI is InChI=1S/C15H16BrN3OS/c16-14-4-10-6-17-12(5-13(10)21-14)15(20)18-11-3-9-1-2-19(7-9)8-11/h4-6,9,11H,1-3,7-8H2,(H,18,20)/t9-,11-/m1/s1. The zero-order chi connectivity index (χ0) is 14.4. The molecular formula is C15H16BrN3OS. The molecule has 2 aromatic rings. The van der Waals surface area contributed by atoms with Crippen molar-refractivity contribution in [3.63, 3.8) is 0 Å². The topological polar surface area (TPSA) is 45.2 Å². The van der Waals surface area contributed by atoms with E-state index in [1.54, 1.807) is 17.5 Å². The Morgan fingerprint density at radius 2 is 2.33 bits per heavy atom. The summed E-state index contributed by atoms with van der Waals surface area (Å²) in [5.74, 6) is 0.710. The normalized spacial score (nSPS) is 28.0. The first kappa shape index (κ1) is 13.7. The molecule has 6 heteroatoms. The van der Waals surface area contributed by atoms with Crippen molar-refractivity contribution in [3.8, 4) is 0 Å². The molecule has 2 bridgehead atoms. The molecule has 0 aromatic carbocycles. The van der Waals surface area contributed by atoms with Crippen LogP contribution in [-0.4, -0.2) is 41.5 Å². The lowest BCUT2D eigenvalue weighted by Gasteiger charge is -2.30. The summed E-state index contributed by atoms with van der Waals surface area (Å²) < 4.78 is 2.16. The minimum atomic E-state index is -0.0473. The number of nitrogens with one attached hydrogen (secondary N) is 1. The Bertz CT molecular complexity index is 689. The molecule has 0 aliphatic carbocycles. The fraction of sp³-hybridized carbons (Fsp3) is 0.467. The van der Waals surface area contributed by atoms with Gasteiger partial charge in [0, 0.05) is 35.4 Å². The molecule has 2 fully saturated rings. The minimum absolute atomic E-state index is 0.0473. The minimum Gasteiger partial charge on any atom is -0.347 e. The number of rotatable bonds is 2. The Morgan fingerprint density at radius 3 is 3.19 bits per heavy atom. The fourth-order valence-corrected chi connectivity index (χ4v) is 5.01. The molecule has 0 radical (unpaired) electrons. The average molecular weight is 366 g/mol. The highest BCUT2D eigenvalue weighted by Gasteiger charge is 2.33. The van der Waals surface area contributed by atoms with Gasteiger partial charge in [-0.05, 0) is 53.4 Å². The number of thiophene rings is 1. The Hall–Kier alpha value is -0.980. The molecule has 21 heavy (non-hydrogen) atoms. The highest BCUT2D eigenvalue weighted by molar-refractivity contribution is 9.11. The summed E-state index contributed by atoms with van der Waals surface area (Å²) in [5, 5.41) is 4.23. The van der Waals surface area contributed by atoms with Gasteiger partial charge in [-0.1, -0.05) is 0 Å². The van der Waals surface area contributed by atoms with Crippen molar-refractivity contribution in [1.82, 2.24) is 15.2 Å². The second-order valence-electron chi connectivity index (χ2n) is 5.98. The van der Waals surface area contributed by atoms with Gasteiger partial charge in [-0.2, -0.15) is 0 Å². The number of carbonyl (C=O) groups is 1. The number of carbonyl (C=O) groups excluding carboxylic acids is 1. The van der Waals surface area contributed by atoms with E-state index >= 15 is 0 Å². The van der Waals surface area contributed by atoms with Crippen molar-refractivity contribution in [3.05, 3.63) is 27.8 Å². The first-order valence-electron chi connectivity index (χ1n) is 7.26. The predicted octanol–water partition coefficient (Wildman–Crippen LogP) is 2.88. The number of hydrogen-bond donors (Lipinski definition) is 1. The summed E-state index contributed by atoms with van der Waals surface area (Å²) in [6.07, 6.45) is 4.16. The van der Waals surface area contributed by atoms with Crippen LogP contribution in [0.1, 0.15) is 23.3 Å². The van der Waals surface area contributed by atoms with E-state index < -0.39 is 0 Å². The van der Waals surface area contributed by atoms with Crippen LogP contribution >= 0.6 is 27.3 Å². The number of amides is 1. The van der Waals surface area contributed by atoms with Crippen LogP contribution in [0.2, 0.25) is 0 Å². The lowest BCUT2D eigenvalue weighted by Crippen LogP contribution is -2.47. The molecule has 3 atom stereocenters. The first-order chi connectivity index (χ1) is 10.2. The average Bonchev–Trinajstić information content (AvgIpc) is 2.99. The third-order valence-electron chi connectivity index (χ3n) is 4.41. The Balaban J connectivity index is 1.50. The van der Waals surface area contributed by atoms with Gasteiger partial charge in [0.05, 0.1) is 3.79 Å². The molecule has 4 heterocycles. The monoisotopic (exact) mass is 365 g/mol. The molecule has 2 aliphatic heterocycles. The molecule has 0 saturated carbocycles. The van der Waals surface area contributed by atoms with Gasteiger partial charge in [-0.15, -0.1) is 11.3 Å². The highest BCUT2D eigenvalue weighted by Crippen LogP contribution is 2.30. The zero-order valence-corrected chi connectivity index (χ0v) is 13.9. The summed E-state index contributed by atoms with van der Waals surface area (Å²) in [4.78, 5) is 19.1. The van der Waals surface area contributed by atoms with Gasteiger partial charge in [0.15, 0.2) is 0 Å². The number of piperidine rings is 1. The lowest BCUT2D eigenvalue weighted by atomic mass is 9.97. The lowest BCUT2D eigenvalue weighted by molar-refractivity contribution is 0.0904. The van der Waals surface area contributed by atoms with E-state index in [-0.39, 0.29) is 11.9 Å². The van der Waals surface area contributed by atoms with Crippen LogP contribution in [0.15, 0.2) is 22.1 Å². The molecule has 2 saturated heterocycles. The number of fused-ring (bicyclic) bond motifs is 3. The van der Waals surface area contributed by atoms with Crippen LogP contribution in [0.5, 0.6) is 0 Å². The number of pyridine rings is 1. The van der Waals surface area contributed by atoms with Gasteiger partial charge in [-0.25, -0.2) is 0 Å². The molecular weight excluding hydrogens is 350 g/mol. The van der Waals surface area contributed by atoms with Crippen molar-refractivity contribution in [2.45, 2.75) is 18.9 Å². The van der Waals surface area contributed by atoms with Crippen LogP contribution in [0, 0.1) is 5.92 Å². The van der Waals surface area contributed by atoms with Crippen molar-refractivity contribution in [1.29, 1.82) is 0 Å². The second kappa shape index (κ2) is 5.34. The van der Waals surface area contributed by atoms with Gasteiger partial charge in [0.1, 0.15) is 5.69 Å². The maximum atomic E-state index is 12.4. The smallest absolute Gasteiger partial charge is 0.270 e. The van der Waals surface area contributed by atoms with E-state index in [1.807, 2.05) is 12.1 Å². The van der Waals surface area contributed by atoms with Gasteiger partial charge >= 0.3 is 0 Å². The molecule has 110 valence electrons. The summed E-state index contributed by atoms with van der Waals surface area (Å²) in [5.41, 5.74) is 0.518. The molecule has 4 nitrogen and oxygen atoms in total.